The van der Waals surface area contributed by atoms with Crippen LogP contribution in [0.1, 0.15) is 12.0 Å². The maximum atomic E-state index is 5.51. The smallest absolute Gasteiger partial charge is 0.282 e. The second-order valence-electron chi connectivity index (χ2n) is 5.24. The zero-order valence-electron chi connectivity index (χ0n) is 12.9. The van der Waals surface area contributed by atoms with Crippen LogP contribution in [0.4, 0.5) is 11.6 Å². The summed E-state index contributed by atoms with van der Waals surface area (Å²) in [5, 5.41) is 3.15. The molecular formula is C16H19N5O2. The molecule has 2 aromatic rings. The average molecular weight is 313 g/mol. The number of anilines is 2. The van der Waals surface area contributed by atoms with Crippen molar-refractivity contribution in [3.63, 3.8) is 0 Å². The first kappa shape index (κ1) is 15.1. The van der Waals surface area contributed by atoms with Gasteiger partial charge in [0.25, 0.3) is 6.02 Å². The lowest BCUT2D eigenvalue weighted by atomic mass is 10.1. The lowest BCUT2D eigenvalue weighted by Gasteiger charge is -2.08. The van der Waals surface area contributed by atoms with E-state index in [4.69, 9.17) is 15.2 Å². The summed E-state index contributed by atoms with van der Waals surface area (Å²) >= 11 is 0. The maximum absolute atomic E-state index is 5.51. The Balaban J connectivity index is 1.54. The van der Waals surface area contributed by atoms with Crippen LogP contribution in [0.3, 0.4) is 0 Å². The molecule has 0 bridgehead atoms. The molecule has 3 N–H and O–H groups in total. The Morgan fingerprint density at radius 3 is 2.61 bits per heavy atom. The van der Waals surface area contributed by atoms with Crippen LogP contribution in [0.15, 0.2) is 41.7 Å². The fourth-order valence-electron chi connectivity index (χ4n) is 2.29. The molecule has 7 heteroatoms. The summed E-state index contributed by atoms with van der Waals surface area (Å²) in [6, 6.07) is 8.63. The number of hydrogen-bond donors (Lipinski definition) is 2. The zero-order valence-corrected chi connectivity index (χ0v) is 12.9. The lowest BCUT2D eigenvalue weighted by Crippen LogP contribution is -2.10. The summed E-state index contributed by atoms with van der Waals surface area (Å²) in [5.74, 6) is 1.16. The highest BCUT2D eigenvalue weighted by molar-refractivity contribution is 5.73. The highest BCUT2D eigenvalue weighted by Crippen LogP contribution is 2.17. The molecule has 120 valence electrons. The summed E-state index contributed by atoms with van der Waals surface area (Å²) in [6.45, 7) is 0.584. The largest absolute Gasteiger partial charge is 0.494 e. The van der Waals surface area contributed by atoms with Gasteiger partial charge >= 0.3 is 0 Å². The number of nitrogens with two attached hydrogens (primary N) is 1. The molecular weight excluding hydrogens is 294 g/mol. The Morgan fingerprint density at radius 2 is 2.00 bits per heavy atom. The number of benzene rings is 1. The van der Waals surface area contributed by atoms with E-state index >= 15 is 0 Å². The van der Waals surface area contributed by atoms with Gasteiger partial charge in [-0.25, -0.2) is 15.0 Å². The van der Waals surface area contributed by atoms with Gasteiger partial charge in [0.05, 0.1) is 25.5 Å². The number of aromatic nitrogens is 2. The van der Waals surface area contributed by atoms with Crippen LogP contribution in [-0.2, 0) is 11.2 Å². The van der Waals surface area contributed by atoms with E-state index in [1.807, 2.05) is 12.1 Å². The number of hydrogen-bond acceptors (Lipinski definition) is 7. The van der Waals surface area contributed by atoms with Gasteiger partial charge in [-0.05, 0) is 30.5 Å². The topological polar surface area (TPSA) is 94.6 Å². The van der Waals surface area contributed by atoms with Gasteiger partial charge in [0, 0.05) is 5.69 Å². The van der Waals surface area contributed by atoms with Crippen molar-refractivity contribution >= 4 is 17.7 Å². The van der Waals surface area contributed by atoms with Gasteiger partial charge in [-0.2, -0.15) is 0 Å². The molecule has 0 saturated heterocycles. The van der Waals surface area contributed by atoms with Crippen LogP contribution in [-0.4, -0.2) is 35.7 Å². The van der Waals surface area contributed by atoms with Crippen molar-refractivity contribution in [2.45, 2.75) is 18.9 Å². The fraction of sp³-hybridized carbons (Fsp3) is 0.312. The minimum absolute atomic E-state index is 0.167. The number of amidine groups is 1. The SMILES string of the molecule is COc1cnc(Nc2ccc(CC[C@H]3COC(N)=N3)cc2)nc1. The summed E-state index contributed by atoms with van der Waals surface area (Å²) in [6.07, 6.45) is 5.11. The highest BCUT2D eigenvalue weighted by atomic mass is 16.5. The van der Waals surface area contributed by atoms with E-state index in [0.717, 1.165) is 18.5 Å². The molecule has 1 aliphatic heterocycles. The van der Waals surface area contributed by atoms with E-state index in [9.17, 15) is 0 Å². The Labute approximate surface area is 134 Å². The molecule has 2 heterocycles. The molecule has 0 radical (unpaired) electrons. The van der Waals surface area contributed by atoms with E-state index in [-0.39, 0.29) is 6.04 Å². The van der Waals surface area contributed by atoms with E-state index in [1.165, 1.54) is 5.56 Å². The molecule has 0 spiro atoms. The van der Waals surface area contributed by atoms with Crippen LogP contribution in [0.5, 0.6) is 5.75 Å². The normalized spacial score (nSPS) is 16.6. The molecule has 23 heavy (non-hydrogen) atoms. The number of aliphatic imine (C=N–C) groups is 1. The number of nitrogens with zero attached hydrogens (tertiary/aromatic N) is 3. The standard InChI is InChI=1S/C16H19N5O2/c1-22-14-8-18-16(19-9-14)21-12-5-2-11(3-6-12)4-7-13-10-23-15(17)20-13/h2-3,5-6,8-9,13H,4,7,10H2,1H3,(H2,17,20)(H,18,19,21)/t13-/m0/s1. The summed E-state index contributed by atoms with van der Waals surface area (Å²) in [5.41, 5.74) is 7.68. The van der Waals surface area contributed by atoms with Crippen LogP contribution >= 0.6 is 0 Å². The van der Waals surface area contributed by atoms with Gasteiger partial charge in [-0.15, -0.1) is 0 Å². The van der Waals surface area contributed by atoms with Crippen LogP contribution in [0.25, 0.3) is 0 Å². The Kier molecular flexibility index (Phi) is 4.56. The Hall–Kier alpha value is -2.83. The van der Waals surface area contributed by atoms with Gasteiger partial charge in [0.2, 0.25) is 5.95 Å². The second-order valence-corrected chi connectivity index (χ2v) is 5.24. The van der Waals surface area contributed by atoms with Crippen molar-refractivity contribution in [3.05, 3.63) is 42.2 Å². The zero-order chi connectivity index (χ0) is 16.1. The number of methoxy groups -OCH3 is 1. The molecule has 1 aromatic carbocycles. The summed E-state index contributed by atoms with van der Waals surface area (Å²) in [4.78, 5) is 12.6. The van der Waals surface area contributed by atoms with E-state index in [0.29, 0.717) is 24.3 Å². The molecule has 1 aliphatic rings. The molecule has 7 nitrogen and oxygen atoms in total. The van der Waals surface area contributed by atoms with Gasteiger partial charge in [-0.1, -0.05) is 12.1 Å². The predicted molar refractivity (Wildman–Crippen MR) is 88.0 cm³/mol. The monoisotopic (exact) mass is 313 g/mol. The molecule has 0 saturated carbocycles. The Bertz CT molecular complexity index is 670. The first-order chi connectivity index (χ1) is 11.2. The van der Waals surface area contributed by atoms with E-state index in [1.54, 1.807) is 19.5 Å². The third-order valence-corrected chi connectivity index (χ3v) is 3.57. The minimum atomic E-state index is 0.167. The van der Waals surface area contributed by atoms with Gasteiger partial charge in [-0.3, -0.25) is 0 Å². The fourth-order valence-corrected chi connectivity index (χ4v) is 2.29. The van der Waals surface area contributed by atoms with Gasteiger partial charge in [0.15, 0.2) is 5.75 Å². The van der Waals surface area contributed by atoms with Crippen molar-refractivity contribution in [2.75, 3.05) is 19.0 Å². The van der Waals surface area contributed by atoms with Crippen molar-refractivity contribution in [2.24, 2.45) is 10.7 Å². The van der Waals surface area contributed by atoms with Crippen molar-refractivity contribution in [1.82, 2.24) is 9.97 Å². The van der Waals surface area contributed by atoms with Gasteiger partial charge in [0.1, 0.15) is 6.61 Å². The van der Waals surface area contributed by atoms with Crippen LogP contribution in [0.2, 0.25) is 0 Å². The number of aryl methyl sites for hydroxylation is 1. The average Bonchev–Trinajstić information content (AvgIpc) is 3.00. The first-order valence-electron chi connectivity index (χ1n) is 7.41. The quantitative estimate of drug-likeness (QED) is 0.845. The van der Waals surface area contributed by atoms with Crippen LogP contribution in [0, 0.1) is 0 Å². The van der Waals surface area contributed by atoms with Crippen LogP contribution < -0.4 is 15.8 Å². The summed E-state index contributed by atoms with van der Waals surface area (Å²) < 4.78 is 10.2. The Morgan fingerprint density at radius 1 is 1.26 bits per heavy atom. The highest BCUT2D eigenvalue weighted by Gasteiger charge is 2.16. The number of nitrogens with one attached hydrogen (secondary N) is 1. The van der Waals surface area contributed by atoms with E-state index in [2.05, 4.69) is 32.4 Å². The lowest BCUT2D eigenvalue weighted by molar-refractivity contribution is 0.308. The molecule has 1 atom stereocenters. The van der Waals surface area contributed by atoms with Gasteiger partial charge < -0.3 is 20.5 Å². The predicted octanol–water partition coefficient (Wildman–Crippen LogP) is 1.87. The second kappa shape index (κ2) is 6.95. The van der Waals surface area contributed by atoms with Crippen molar-refractivity contribution < 1.29 is 9.47 Å². The number of rotatable bonds is 6. The molecule has 0 unspecified atom stereocenters. The van der Waals surface area contributed by atoms with E-state index < -0.39 is 0 Å². The third-order valence-electron chi connectivity index (χ3n) is 3.57. The first-order valence-corrected chi connectivity index (χ1v) is 7.41. The van der Waals surface area contributed by atoms with Crippen molar-refractivity contribution in [3.8, 4) is 5.75 Å². The molecule has 1 aromatic heterocycles. The maximum Gasteiger partial charge on any atom is 0.282 e. The number of ether oxygens (including phenoxy) is 2. The minimum Gasteiger partial charge on any atom is -0.494 e. The van der Waals surface area contributed by atoms with Crippen molar-refractivity contribution in [1.29, 1.82) is 0 Å². The summed E-state index contributed by atoms with van der Waals surface area (Å²) in [7, 11) is 1.59. The molecule has 0 aliphatic carbocycles. The molecule has 0 fully saturated rings. The molecule has 0 amide bonds. The third kappa shape index (κ3) is 4.09. The molecule has 3 rings (SSSR count).